The van der Waals surface area contributed by atoms with Crippen molar-refractivity contribution in [1.82, 2.24) is 20.1 Å². The van der Waals surface area contributed by atoms with Gasteiger partial charge in [-0.1, -0.05) is 29.0 Å². The van der Waals surface area contributed by atoms with E-state index in [1.54, 1.807) is 16.8 Å². The molecule has 0 aliphatic rings. The van der Waals surface area contributed by atoms with Gasteiger partial charge >= 0.3 is 0 Å². The summed E-state index contributed by atoms with van der Waals surface area (Å²) in [5.41, 5.74) is 2.04. The number of carbonyl (C=O) groups excluding carboxylic acids is 2. The maximum atomic E-state index is 12.9. The lowest BCUT2D eigenvalue weighted by atomic mass is 10.1. The summed E-state index contributed by atoms with van der Waals surface area (Å²) in [6, 6.07) is 11.0. The van der Waals surface area contributed by atoms with E-state index in [9.17, 15) is 9.59 Å². The highest BCUT2D eigenvalue weighted by molar-refractivity contribution is 7.22. The fourth-order valence-corrected chi connectivity index (χ4v) is 4.10. The Balaban J connectivity index is 1.62. The molecule has 8 nitrogen and oxygen atoms in total. The van der Waals surface area contributed by atoms with Crippen LogP contribution in [0.5, 0.6) is 0 Å². The zero-order valence-corrected chi connectivity index (χ0v) is 19.5. The molecule has 0 aliphatic carbocycles. The van der Waals surface area contributed by atoms with Crippen molar-refractivity contribution in [1.29, 1.82) is 0 Å². The van der Waals surface area contributed by atoms with Crippen molar-refractivity contribution in [2.24, 2.45) is 0 Å². The number of amides is 2. The summed E-state index contributed by atoms with van der Waals surface area (Å²) in [6.07, 6.45) is 0. The van der Waals surface area contributed by atoms with Gasteiger partial charge in [0.2, 0.25) is 0 Å². The number of nitrogens with zero attached hydrogens (tertiary/aromatic N) is 3. The summed E-state index contributed by atoms with van der Waals surface area (Å²) in [5.74, 6) is 0.866. The minimum Gasteiger partial charge on any atom is -0.465 e. The van der Waals surface area contributed by atoms with Crippen molar-refractivity contribution in [2.45, 2.75) is 46.7 Å². The largest absolute Gasteiger partial charge is 0.465 e. The van der Waals surface area contributed by atoms with E-state index in [-0.39, 0.29) is 24.1 Å². The number of benzene rings is 1. The number of aryl methyl sites for hydroxylation is 2. The second-order valence-electron chi connectivity index (χ2n) is 8.62. The third-order valence-electron chi connectivity index (χ3n) is 4.83. The van der Waals surface area contributed by atoms with Crippen molar-refractivity contribution < 1.29 is 14.0 Å². The quantitative estimate of drug-likeness (QED) is 0.460. The average Bonchev–Trinajstić information content (AvgIpc) is 3.40. The lowest BCUT2D eigenvalue weighted by molar-refractivity contribution is 0.0942. The van der Waals surface area contributed by atoms with E-state index < -0.39 is 5.54 Å². The van der Waals surface area contributed by atoms with Crippen LogP contribution in [0.4, 0.5) is 5.13 Å². The molecular formula is C23H25N5O3S. The van der Waals surface area contributed by atoms with Gasteiger partial charge < -0.3 is 9.73 Å². The van der Waals surface area contributed by atoms with E-state index in [4.69, 9.17) is 4.42 Å². The Morgan fingerprint density at radius 2 is 1.78 bits per heavy atom. The summed E-state index contributed by atoms with van der Waals surface area (Å²) in [7, 11) is 0. The van der Waals surface area contributed by atoms with Gasteiger partial charge in [0.25, 0.3) is 11.8 Å². The number of fused-ring (bicyclic) bond motifs is 1. The molecule has 0 spiro atoms. The normalized spacial score (nSPS) is 11.7. The summed E-state index contributed by atoms with van der Waals surface area (Å²) in [6.45, 7) is 10.0. The Morgan fingerprint density at radius 3 is 2.41 bits per heavy atom. The van der Waals surface area contributed by atoms with Gasteiger partial charge in [-0.2, -0.15) is 10.1 Å². The van der Waals surface area contributed by atoms with Gasteiger partial charge in [-0.25, -0.2) is 4.68 Å². The average molecular weight is 452 g/mol. The number of rotatable bonds is 5. The van der Waals surface area contributed by atoms with E-state index >= 15 is 0 Å². The molecule has 4 aromatic rings. The van der Waals surface area contributed by atoms with Crippen LogP contribution in [0.25, 0.3) is 10.3 Å². The molecule has 3 heterocycles. The van der Waals surface area contributed by atoms with Crippen molar-refractivity contribution in [3.05, 3.63) is 64.7 Å². The van der Waals surface area contributed by atoms with Crippen molar-refractivity contribution >= 4 is 38.6 Å². The molecular weight excluding hydrogens is 426 g/mol. The third kappa shape index (κ3) is 4.43. The standard InChI is InChI=1S/C23H25N5O3S/c1-13-6-9-15(10-7-13)20(29)26-22-25-19-18(32-22)17(27-28(19)23(3,4)5)21(30)24-12-16-11-8-14(2)31-16/h6-11H,12H2,1-5H3,(H,24,30)(H,25,26,29). The maximum Gasteiger partial charge on any atom is 0.273 e. The molecule has 166 valence electrons. The molecule has 2 N–H and O–H groups in total. The Kier molecular flexibility index (Phi) is 5.60. The van der Waals surface area contributed by atoms with Gasteiger partial charge in [-0.05, 0) is 58.9 Å². The fourth-order valence-electron chi connectivity index (χ4n) is 3.18. The molecule has 1 aromatic carbocycles. The number of thiazole rings is 1. The first-order valence-corrected chi connectivity index (χ1v) is 11.0. The van der Waals surface area contributed by atoms with Crippen LogP contribution in [0, 0.1) is 13.8 Å². The number of anilines is 1. The molecule has 2 amide bonds. The molecule has 0 atom stereocenters. The molecule has 0 bridgehead atoms. The summed E-state index contributed by atoms with van der Waals surface area (Å²) < 4.78 is 7.85. The first kappa shape index (κ1) is 21.8. The Labute approximate surface area is 189 Å². The topological polar surface area (TPSA) is 102 Å². The van der Waals surface area contributed by atoms with Crippen LogP contribution in [0.1, 0.15) is 58.7 Å². The van der Waals surface area contributed by atoms with Crippen LogP contribution >= 0.6 is 11.3 Å². The van der Waals surface area contributed by atoms with Crippen LogP contribution in [0.3, 0.4) is 0 Å². The molecule has 0 saturated heterocycles. The third-order valence-corrected chi connectivity index (χ3v) is 5.80. The van der Waals surface area contributed by atoms with Crippen molar-refractivity contribution in [3.63, 3.8) is 0 Å². The molecule has 0 saturated carbocycles. The highest BCUT2D eigenvalue weighted by atomic mass is 32.1. The molecule has 3 aromatic heterocycles. The van der Waals surface area contributed by atoms with Gasteiger partial charge in [-0.15, -0.1) is 0 Å². The van der Waals surface area contributed by atoms with Gasteiger partial charge in [0.15, 0.2) is 16.5 Å². The Hall–Kier alpha value is -3.46. The molecule has 0 aliphatic heterocycles. The highest BCUT2D eigenvalue weighted by Crippen LogP contribution is 2.32. The van der Waals surface area contributed by atoms with E-state index in [2.05, 4.69) is 20.7 Å². The number of hydrogen-bond acceptors (Lipinski definition) is 6. The number of aromatic nitrogens is 3. The van der Waals surface area contributed by atoms with Crippen LogP contribution in [-0.2, 0) is 12.1 Å². The van der Waals surface area contributed by atoms with Crippen LogP contribution < -0.4 is 10.6 Å². The van der Waals surface area contributed by atoms with Crippen LogP contribution in [-0.4, -0.2) is 26.6 Å². The van der Waals surface area contributed by atoms with E-state index in [1.165, 1.54) is 11.3 Å². The number of carbonyl (C=O) groups is 2. The minimum atomic E-state index is -0.402. The number of hydrogen-bond donors (Lipinski definition) is 2. The van der Waals surface area contributed by atoms with Gasteiger partial charge in [0, 0.05) is 5.56 Å². The van der Waals surface area contributed by atoms with Gasteiger partial charge in [-0.3, -0.25) is 14.9 Å². The molecule has 9 heteroatoms. The smallest absolute Gasteiger partial charge is 0.273 e. The van der Waals surface area contributed by atoms with Gasteiger partial charge in [0.05, 0.1) is 12.1 Å². The molecule has 4 rings (SSSR count). The van der Waals surface area contributed by atoms with E-state index in [0.717, 1.165) is 11.3 Å². The Morgan fingerprint density at radius 1 is 1.06 bits per heavy atom. The molecule has 32 heavy (non-hydrogen) atoms. The predicted octanol–water partition coefficient (Wildman–Crippen LogP) is 4.64. The summed E-state index contributed by atoms with van der Waals surface area (Å²) >= 11 is 1.23. The predicted molar refractivity (Wildman–Crippen MR) is 124 cm³/mol. The van der Waals surface area contributed by atoms with E-state index in [1.807, 2.05) is 58.9 Å². The number of nitrogens with one attached hydrogen (secondary N) is 2. The summed E-state index contributed by atoms with van der Waals surface area (Å²) in [4.78, 5) is 30.1. The lowest BCUT2D eigenvalue weighted by Crippen LogP contribution is -2.26. The summed E-state index contributed by atoms with van der Waals surface area (Å²) in [5, 5.41) is 10.6. The zero-order valence-electron chi connectivity index (χ0n) is 18.6. The first-order chi connectivity index (χ1) is 15.1. The van der Waals surface area contributed by atoms with Crippen molar-refractivity contribution in [3.8, 4) is 0 Å². The van der Waals surface area contributed by atoms with Crippen LogP contribution in [0.15, 0.2) is 40.8 Å². The minimum absolute atomic E-state index is 0.254. The first-order valence-electron chi connectivity index (χ1n) is 10.2. The van der Waals surface area contributed by atoms with Crippen molar-refractivity contribution in [2.75, 3.05) is 5.32 Å². The van der Waals surface area contributed by atoms with E-state index in [0.29, 0.717) is 26.8 Å². The second-order valence-corrected chi connectivity index (χ2v) is 9.62. The molecule has 0 unspecified atom stereocenters. The highest BCUT2D eigenvalue weighted by Gasteiger charge is 2.27. The fraction of sp³-hybridized carbons (Fsp3) is 0.304. The molecule has 0 radical (unpaired) electrons. The van der Waals surface area contributed by atoms with Crippen LogP contribution in [0.2, 0.25) is 0 Å². The molecule has 0 fully saturated rings. The Bertz CT molecular complexity index is 1290. The second kappa shape index (κ2) is 8.23. The SMILES string of the molecule is Cc1ccc(C(=O)Nc2nc3c(s2)c(C(=O)NCc2ccc(C)o2)nn3C(C)(C)C)cc1. The number of furan rings is 1. The zero-order chi connectivity index (χ0) is 23.0. The maximum absolute atomic E-state index is 12.9. The lowest BCUT2D eigenvalue weighted by Gasteiger charge is -2.19. The monoisotopic (exact) mass is 451 g/mol. The van der Waals surface area contributed by atoms with Gasteiger partial charge in [0.1, 0.15) is 16.2 Å².